The first kappa shape index (κ1) is 14.4. The molecule has 1 spiro atoms. The molecule has 5 heteroatoms. The number of nitrogens with zero attached hydrogens (tertiary/aromatic N) is 2. The van der Waals surface area contributed by atoms with Crippen LogP contribution in [0.3, 0.4) is 0 Å². The Morgan fingerprint density at radius 1 is 1.60 bits per heavy atom. The second-order valence-electron chi connectivity index (χ2n) is 5.95. The monoisotopic (exact) mass is 296 g/mol. The van der Waals surface area contributed by atoms with E-state index in [9.17, 15) is 0 Å². The Labute approximate surface area is 125 Å². The van der Waals surface area contributed by atoms with Gasteiger partial charge in [0.25, 0.3) is 0 Å². The minimum atomic E-state index is 0.0309. The number of hydrogen-bond donors (Lipinski definition) is 0. The van der Waals surface area contributed by atoms with E-state index in [0.29, 0.717) is 6.10 Å². The molecule has 20 heavy (non-hydrogen) atoms. The normalized spacial score (nSPS) is 31.2. The maximum atomic E-state index is 6.14. The lowest BCUT2D eigenvalue weighted by Crippen LogP contribution is -2.47. The van der Waals surface area contributed by atoms with Crippen molar-refractivity contribution in [3.8, 4) is 0 Å². The van der Waals surface area contributed by atoms with Crippen LogP contribution in [0.4, 0.5) is 0 Å². The number of aromatic nitrogens is 1. The summed E-state index contributed by atoms with van der Waals surface area (Å²) in [7, 11) is 0. The lowest BCUT2D eigenvalue weighted by Gasteiger charge is -2.39. The van der Waals surface area contributed by atoms with Crippen molar-refractivity contribution in [2.75, 3.05) is 26.3 Å². The highest BCUT2D eigenvalue weighted by atomic mass is 32.1. The summed E-state index contributed by atoms with van der Waals surface area (Å²) in [5.74, 6) is 0. The van der Waals surface area contributed by atoms with Crippen LogP contribution in [0.15, 0.2) is 5.38 Å². The summed E-state index contributed by atoms with van der Waals surface area (Å²) >= 11 is 1.73. The predicted octanol–water partition coefficient (Wildman–Crippen LogP) is 2.61. The molecule has 0 saturated carbocycles. The van der Waals surface area contributed by atoms with Gasteiger partial charge in [-0.05, 0) is 33.2 Å². The lowest BCUT2D eigenvalue weighted by molar-refractivity contribution is -0.0547. The van der Waals surface area contributed by atoms with Crippen LogP contribution < -0.4 is 0 Å². The molecule has 3 heterocycles. The summed E-state index contributed by atoms with van der Waals surface area (Å²) in [6.45, 7) is 8.80. The van der Waals surface area contributed by atoms with E-state index in [1.165, 1.54) is 18.5 Å². The Morgan fingerprint density at radius 3 is 3.25 bits per heavy atom. The molecule has 1 aromatic rings. The van der Waals surface area contributed by atoms with Crippen molar-refractivity contribution < 1.29 is 9.47 Å². The first-order valence-electron chi connectivity index (χ1n) is 7.58. The SMILES string of the molecule is CCO[C@@H]1CO[C@@]2(CCCN(Cc3csc(C)n3)C2)C1. The van der Waals surface area contributed by atoms with Gasteiger partial charge in [-0.25, -0.2) is 4.98 Å². The molecule has 2 saturated heterocycles. The van der Waals surface area contributed by atoms with Gasteiger partial charge in [-0.1, -0.05) is 0 Å². The largest absolute Gasteiger partial charge is 0.376 e. The van der Waals surface area contributed by atoms with Crippen molar-refractivity contribution in [3.63, 3.8) is 0 Å². The maximum Gasteiger partial charge on any atom is 0.0897 e. The fourth-order valence-corrected chi connectivity index (χ4v) is 4.07. The second-order valence-corrected chi connectivity index (χ2v) is 7.01. The molecule has 0 aliphatic carbocycles. The molecular weight excluding hydrogens is 272 g/mol. The average Bonchev–Trinajstić information content (AvgIpc) is 2.98. The van der Waals surface area contributed by atoms with Gasteiger partial charge in [0.15, 0.2) is 0 Å². The van der Waals surface area contributed by atoms with Crippen molar-refractivity contribution in [3.05, 3.63) is 16.1 Å². The molecular formula is C15H24N2O2S. The van der Waals surface area contributed by atoms with Crippen LogP contribution in [-0.4, -0.2) is 47.9 Å². The van der Waals surface area contributed by atoms with Crippen molar-refractivity contribution >= 4 is 11.3 Å². The average molecular weight is 296 g/mol. The molecule has 0 N–H and O–H groups in total. The lowest BCUT2D eigenvalue weighted by atomic mass is 9.89. The Hall–Kier alpha value is -0.490. The van der Waals surface area contributed by atoms with Crippen molar-refractivity contribution in [1.29, 1.82) is 0 Å². The van der Waals surface area contributed by atoms with Crippen molar-refractivity contribution in [2.45, 2.75) is 51.4 Å². The van der Waals surface area contributed by atoms with Gasteiger partial charge in [-0.3, -0.25) is 4.90 Å². The molecule has 112 valence electrons. The summed E-state index contributed by atoms with van der Waals surface area (Å²) in [4.78, 5) is 7.07. The molecule has 0 bridgehead atoms. The van der Waals surface area contributed by atoms with E-state index < -0.39 is 0 Å². The van der Waals surface area contributed by atoms with Gasteiger partial charge in [0.2, 0.25) is 0 Å². The molecule has 0 amide bonds. The van der Waals surface area contributed by atoms with Crippen LogP contribution in [0.2, 0.25) is 0 Å². The highest BCUT2D eigenvalue weighted by Gasteiger charge is 2.43. The zero-order chi connectivity index (χ0) is 14.0. The molecule has 2 aliphatic rings. The number of likely N-dealkylation sites (tertiary alicyclic amines) is 1. The highest BCUT2D eigenvalue weighted by molar-refractivity contribution is 7.09. The number of ether oxygens (including phenoxy) is 2. The third-order valence-corrected chi connectivity index (χ3v) is 5.07. The Morgan fingerprint density at radius 2 is 2.50 bits per heavy atom. The molecule has 3 rings (SSSR count). The summed E-state index contributed by atoms with van der Waals surface area (Å²) in [6, 6.07) is 0. The summed E-state index contributed by atoms with van der Waals surface area (Å²) in [5.41, 5.74) is 1.23. The number of hydrogen-bond acceptors (Lipinski definition) is 5. The molecule has 1 aromatic heterocycles. The van der Waals surface area contributed by atoms with Gasteiger partial charge < -0.3 is 9.47 Å². The van der Waals surface area contributed by atoms with Crippen LogP contribution >= 0.6 is 11.3 Å². The fraction of sp³-hybridized carbons (Fsp3) is 0.800. The minimum Gasteiger partial charge on any atom is -0.376 e. The maximum absolute atomic E-state index is 6.14. The van der Waals surface area contributed by atoms with Crippen molar-refractivity contribution in [1.82, 2.24) is 9.88 Å². The Balaban J connectivity index is 1.59. The van der Waals surface area contributed by atoms with Gasteiger partial charge in [0.1, 0.15) is 0 Å². The third-order valence-electron chi connectivity index (χ3n) is 4.25. The quantitative estimate of drug-likeness (QED) is 0.855. The fourth-order valence-electron chi connectivity index (χ4n) is 3.47. The van der Waals surface area contributed by atoms with Gasteiger partial charge >= 0.3 is 0 Å². The van der Waals surface area contributed by atoms with E-state index in [1.807, 2.05) is 0 Å². The number of aryl methyl sites for hydroxylation is 1. The Bertz CT molecular complexity index is 451. The van der Waals surface area contributed by atoms with Gasteiger partial charge in [0, 0.05) is 31.5 Å². The van der Waals surface area contributed by atoms with Crippen LogP contribution in [-0.2, 0) is 16.0 Å². The molecule has 0 unspecified atom stereocenters. The van der Waals surface area contributed by atoms with Crippen LogP contribution in [0, 0.1) is 6.92 Å². The first-order chi connectivity index (χ1) is 9.69. The highest BCUT2D eigenvalue weighted by Crippen LogP contribution is 2.36. The molecule has 2 aliphatic heterocycles. The van der Waals surface area contributed by atoms with Gasteiger partial charge in [-0.2, -0.15) is 0 Å². The summed E-state index contributed by atoms with van der Waals surface area (Å²) in [5, 5.41) is 3.33. The zero-order valence-electron chi connectivity index (χ0n) is 12.4. The summed E-state index contributed by atoms with van der Waals surface area (Å²) < 4.78 is 11.9. The predicted molar refractivity (Wildman–Crippen MR) is 80.1 cm³/mol. The summed E-state index contributed by atoms with van der Waals surface area (Å²) in [6.07, 6.45) is 3.72. The number of piperidine rings is 1. The molecule has 2 fully saturated rings. The van der Waals surface area contributed by atoms with Gasteiger partial charge in [0.05, 0.1) is 29.0 Å². The zero-order valence-corrected chi connectivity index (χ0v) is 13.2. The van der Waals surface area contributed by atoms with Crippen LogP contribution in [0.1, 0.15) is 36.9 Å². The number of thiazole rings is 1. The molecule has 4 nitrogen and oxygen atoms in total. The van der Waals surface area contributed by atoms with E-state index in [-0.39, 0.29) is 5.60 Å². The van der Waals surface area contributed by atoms with Crippen LogP contribution in [0.25, 0.3) is 0 Å². The van der Waals surface area contributed by atoms with Crippen LogP contribution in [0.5, 0.6) is 0 Å². The molecule has 0 aromatic carbocycles. The van der Waals surface area contributed by atoms with Gasteiger partial charge in [-0.15, -0.1) is 11.3 Å². The second kappa shape index (κ2) is 6.10. The standard InChI is InChI=1S/C15H24N2O2S/c1-3-18-14-7-15(19-9-14)5-4-6-17(11-15)8-13-10-20-12(2)16-13/h10,14H,3-9,11H2,1-2H3/t14-,15-/m0/s1. The minimum absolute atomic E-state index is 0.0309. The third kappa shape index (κ3) is 3.22. The van der Waals surface area contributed by atoms with E-state index in [4.69, 9.17) is 9.47 Å². The van der Waals surface area contributed by atoms with E-state index in [0.717, 1.165) is 44.3 Å². The molecule has 2 atom stereocenters. The van der Waals surface area contributed by atoms with E-state index in [1.54, 1.807) is 11.3 Å². The van der Waals surface area contributed by atoms with E-state index in [2.05, 4.69) is 29.1 Å². The first-order valence-corrected chi connectivity index (χ1v) is 8.46. The topological polar surface area (TPSA) is 34.6 Å². The van der Waals surface area contributed by atoms with E-state index >= 15 is 0 Å². The number of rotatable bonds is 4. The van der Waals surface area contributed by atoms with Crippen molar-refractivity contribution in [2.24, 2.45) is 0 Å². The smallest absolute Gasteiger partial charge is 0.0897 e. The Kier molecular flexibility index (Phi) is 4.40. The molecule has 0 radical (unpaired) electrons.